The van der Waals surface area contributed by atoms with E-state index in [9.17, 15) is 5.26 Å². The highest BCUT2D eigenvalue weighted by molar-refractivity contribution is 7.44. The van der Waals surface area contributed by atoms with Crippen LogP contribution in [0.1, 0.15) is 91.3 Å². The van der Waals surface area contributed by atoms with Crippen LogP contribution < -0.4 is 9.47 Å². The van der Waals surface area contributed by atoms with Crippen molar-refractivity contribution < 1.29 is 37.5 Å². The van der Waals surface area contributed by atoms with E-state index in [0.717, 1.165) is 34.6 Å². The highest BCUT2D eigenvalue weighted by Crippen LogP contribution is 2.47. The third kappa shape index (κ3) is 13.6. The number of nitriles is 1. The molecule has 58 heavy (non-hydrogen) atoms. The number of benzene rings is 3. The minimum absolute atomic E-state index is 0.192. The topological polar surface area (TPSA) is 101 Å². The predicted octanol–water partition coefficient (Wildman–Crippen LogP) is 10.5. The summed E-state index contributed by atoms with van der Waals surface area (Å²) in [6, 6.07) is 28.8. The standard InChI is InChI=1S/C47H69N2O8P/c1-12-30-52-34-44(57-46(9,14-3)36-56-58(55-31-18-29-48)49(37(4)5)38(6)7)45(8,13-2)35-53-32-33-54-47(39-19-16-15-17-20-39,40-21-25-42(50-10)26-22-40)41-23-27-43(51-11)28-24-41/h12,15-17,19-28,37-38,44H,1,13-14,18,30-36H2,2-11H3. The summed E-state index contributed by atoms with van der Waals surface area (Å²) in [7, 11) is 1.90. The molecule has 4 atom stereocenters. The maximum Gasteiger partial charge on any atom is 0.259 e. The van der Waals surface area contributed by atoms with Gasteiger partial charge in [-0.05, 0) is 88.4 Å². The summed E-state index contributed by atoms with van der Waals surface area (Å²) in [5.41, 5.74) is 0.884. The fraction of sp³-hybridized carbons (Fsp3) is 0.553. The van der Waals surface area contributed by atoms with E-state index in [4.69, 9.17) is 37.5 Å². The summed E-state index contributed by atoms with van der Waals surface area (Å²) in [6.45, 7) is 23.4. The Morgan fingerprint density at radius 1 is 0.741 bits per heavy atom. The number of methoxy groups -OCH3 is 2. The molecular formula is C47H69N2O8P. The van der Waals surface area contributed by atoms with Crippen LogP contribution in [0.2, 0.25) is 0 Å². The van der Waals surface area contributed by atoms with Gasteiger partial charge in [0.15, 0.2) is 0 Å². The highest BCUT2D eigenvalue weighted by Gasteiger charge is 2.41. The van der Waals surface area contributed by atoms with Crippen LogP contribution >= 0.6 is 8.53 Å². The van der Waals surface area contributed by atoms with Crippen molar-refractivity contribution in [3.05, 3.63) is 108 Å². The van der Waals surface area contributed by atoms with Gasteiger partial charge in [-0.1, -0.05) is 81.4 Å². The second kappa shape index (κ2) is 24.7. The second-order valence-corrected chi connectivity index (χ2v) is 16.9. The van der Waals surface area contributed by atoms with Crippen LogP contribution in [0.25, 0.3) is 0 Å². The van der Waals surface area contributed by atoms with E-state index in [0.29, 0.717) is 59.1 Å². The molecule has 3 aromatic carbocycles. The summed E-state index contributed by atoms with van der Waals surface area (Å²) in [5.74, 6) is 1.53. The molecule has 10 nitrogen and oxygen atoms in total. The van der Waals surface area contributed by atoms with Crippen LogP contribution in [0, 0.1) is 16.7 Å². The summed E-state index contributed by atoms with van der Waals surface area (Å²) >= 11 is 0. The summed E-state index contributed by atoms with van der Waals surface area (Å²) in [5, 5.41) is 9.18. The van der Waals surface area contributed by atoms with E-state index in [1.54, 1.807) is 20.3 Å². The fourth-order valence-electron chi connectivity index (χ4n) is 6.76. The van der Waals surface area contributed by atoms with Gasteiger partial charge in [-0.2, -0.15) is 5.26 Å². The first-order chi connectivity index (χ1) is 27.9. The smallest absolute Gasteiger partial charge is 0.259 e. The summed E-state index contributed by atoms with van der Waals surface area (Å²) in [4.78, 5) is 0. The first-order valence-electron chi connectivity index (χ1n) is 20.5. The zero-order valence-electron chi connectivity index (χ0n) is 36.7. The Morgan fingerprint density at radius 2 is 1.31 bits per heavy atom. The first kappa shape index (κ1) is 49.0. The molecule has 4 unspecified atom stereocenters. The van der Waals surface area contributed by atoms with Crippen LogP contribution in [0.3, 0.4) is 0 Å². The third-order valence-electron chi connectivity index (χ3n) is 10.6. The minimum Gasteiger partial charge on any atom is -0.497 e. The third-order valence-corrected chi connectivity index (χ3v) is 12.6. The van der Waals surface area contributed by atoms with Crippen molar-refractivity contribution in [2.45, 2.75) is 104 Å². The van der Waals surface area contributed by atoms with Crippen LogP contribution in [-0.2, 0) is 33.6 Å². The SMILES string of the molecule is C=CCOCC(OC(C)(CC)COP(OCCC#N)N(C(C)C)C(C)C)C(C)(CC)COCCOC(c1ccccc1)(c1ccc(OC)cc1)c1ccc(OC)cc1. The van der Waals surface area contributed by atoms with Gasteiger partial charge < -0.3 is 37.5 Å². The minimum atomic E-state index is -1.43. The van der Waals surface area contributed by atoms with Gasteiger partial charge in [0, 0.05) is 17.5 Å². The summed E-state index contributed by atoms with van der Waals surface area (Å²) in [6.07, 6.45) is 3.19. The lowest BCUT2D eigenvalue weighted by molar-refractivity contribution is -0.181. The molecule has 0 aromatic heterocycles. The lowest BCUT2D eigenvalue weighted by Crippen LogP contribution is -2.48. The Bertz CT molecular complexity index is 1580. The molecule has 0 saturated heterocycles. The normalized spacial score (nSPS) is 15.1. The lowest BCUT2D eigenvalue weighted by atomic mass is 9.80. The Kier molecular flexibility index (Phi) is 20.8. The van der Waals surface area contributed by atoms with Gasteiger partial charge in [0.2, 0.25) is 0 Å². The van der Waals surface area contributed by atoms with Gasteiger partial charge in [0.05, 0.1) is 84.7 Å². The largest absolute Gasteiger partial charge is 0.497 e. The van der Waals surface area contributed by atoms with Gasteiger partial charge >= 0.3 is 0 Å². The molecule has 3 rings (SSSR count). The molecule has 0 spiro atoms. The Balaban J connectivity index is 1.86. The number of nitrogens with zero attached hydrogens (tertiary/aromatic N) is 2. The van der Waals surface area contributed by atoms with Gasteiger partial charge in [0.25, 0.3) is 8.53 Å². The quantitative estimate of drug-likeness (QED) is 0.0291. The fourth-order valence-corrected chi connectivity index (χ4v) is 8.49. The molecule has 0 saturated carbocycles. The van der Waals surface area contributed by atoms with Crippen LogP contribution in [0.15, 0.2) is 91.5 Å². The maximum atomic E-state index is 9.18. The molecule has 0 aliphatic rings. The van der Waals surface area contributed by atoms with Gasteiger partial charge in [-0.25, -0.2) is 4.67 Å². The molecule has 0 aliphatic carbocycles. The van der Waals surface area contributed by atoms with Crippen molar-refractivity contribution in [1.29, 1.82) is 5.26 Å². The molecule has 0 fully saturated rings. The van der Waals surface area contributed by atoms with Crippen LogP contribution in [0.4, 0.5) is 0 Å². The van der Waals surface area contributed by atoms with Gasteiger partial charge in [-0.15, -0.1) is 6.58 Å². The van der Waals surface area contributed by atoms with Gasteiger partial charge in [0.1, 0.15) is 17.1 Å². The molecule has 0 aliphatic heterocycles. The molecule has 0 N–H and O–H groups in total. The van der Waals surface area contributed by atoms with E-state index in [2.05, 4.69) is 109 Å². The zero-order chi connectivity index (χ0) is 42.6. The molecule has 11 heteroatoms. The highest BCUT2D eigenvalue weighted by atomic mass is 31.2. The van der Waals surface area contributed by atoms with E-state index >= 15 is 0 Å². The Labute approximate surface area is 350 Å². The molecule has 0 bridgehead atoms. The number of ether oxygens (including phenoxy) is 6. The van der Waals surface area contributed by atoms with E-state index in [1.165, 1.54) is 0 Å². The van der Waals surface area contributed by atoms with E-state index in [-0.39, 0.29) is 18.2 Å². The van der Waals surface area contributed by atoms with Crippen molar-refractivity contribution in [3.8, 4) is 17.6 Å². The van der Waals surface area contributed by atoms with E-state index in [1.807, 2.05) is 42.5 Å². The van der Waals surface area contributed by atoms with Crippen molar-refractivity contribution in [1.82, 2.24) is 4.67 Å². The molecule has 3 aromatic rings. The predicted molar refractivity (Wildman–Crippen MR) is 233 cm³/mol. The molecule has 0 amide bonds. The van der Waals surface area contributed by atoms with Crippen molar-refractivity contribution >= 4 is 8.53 Å². The monoisotopic (exact) mass is 820 g/mol. The van der Waals surface area contributed by atoms with E-state index < -0.39 is 25.1 Å². The lowest BCUT2D eigenvalue weighted by Gasteiger charge is -2.43. The molecular weight excluding hydrogens is 751 g/mol. The average molecular weight is 821 g/mol. The Morgan fingerprint density at radius 3 is 1.79 bits per heavy atom. The number of hydrogen-bond acceptors (Lipinski definition) is 10. The summed E-state index contributed by atoms with van der Waals surface area (Å²) < 4.78 is 52.8. The van der Waals surface area contributed by atoms with Crippen LogP contribution in [0.5, 0.6) is 11.5 Å². The Hall–Kier alpha value is -3.36. The average Bonchev–Trinajstić information content (AvgIpc) is 3.24. The molecule has 320 valence electrons. The van der Waals surface area contributed by atoms with Crippen molar-refractivity contribution in [3.63, 3.8) is 0 Å². The first-order valence-corrected chi connectivity index (χ1v) is 21.6. The van der Waals surface area contributed by atoms with Crippen LogP contribution in [-0.4, -0.2) is 88.9 Å². The van der Waals surface area contributed by atoms with Crippen molar-refractivity contribution in [2.75, 3.05) is 60.5 Å². The zero-order valence-corrected chi connectivity index (χ0v) is 37.6. The van der Waals surface area contributed by atoms with Gasteiger partial charge in [-0.3, -0.25) is 0 Å². The molecule has 0 heterocycles. The van der Waals surface area contributed by atoms with Crippen molar-refractivity contribution in [2.24, 2.45) is 5.41 Å². The number of rotatable bonds is 29. The second-order valence-electron chi connectivity index (χ2n) is 15.5. The molecule has 0 radical (unpaired) electrons. The maximum absolute atomic E-state index is 9.18. The number of hydrogen-bond donors (Lipinski definition) is 0.